The third kappa shape index (κ3) is 8.89. The number of nitrogens with one attached hydrogen (secondary N) is 3. The Morgan fingerprint density at radius 1 is 0.956 bits per heavy atom. The van der Waals surface area contributed by atoms with Gasteiger partial charge in [0.1, 0.15) is 13.2 Å². The highest BCUT2D eigenvalue weighted by atomic mass is 16.5. The van der Waals surface area contributed by atoms with Crippen LogP contribution in [-0.2, 0) is 16.1 Å². The number of rotatable bonds is 15. The van der Waals surface area contributed by atoms with Crippen LogP contribution in [0.1, 0.15) is 43.5 Å². The maximum absolute atomic E-state index is 12.5. The number of aliphatic hydroxyl groups excluding tert-OH is 1. The highest BCUT2D eigenvalue weighted by molar-refractivity contribution is 5.95. The molecule has 1 aliphatic heterocycles. The molecule has 0 saturated carbocycles. The molecule has 0 radical (unpaired) electrons. The van der Waals surface area contributed by atoms with Gasteiger partial charge in [0.25, 0.3) is 0 Å². The van der Waals surface area contributed by atoms with E-state index in [9.17, 15) is 14.7 Å². The average Bonchev–Trinajstić information content (AvgIpc) is 3.04. The van der Waals surface area contributed by atoms with Crippen molar-refractivity contribution in [3.05, 3.63) is 94.7 Å². The number of allylic oxidation sites excluding steroid dienone is 1. The molecule has 4 rings (SSSR count). The fourth-order valence-corrected chi connectivity index (χ4v) is 4.55. The number of nitrogens with zero attached hydrogens (tertiary/aromatic N) is 1. The minimum absolute atomic E-state index is 0.149. The summed E-state index contributed by atoms with van der Waals surface area (Å²) in [5.41, 5.74) is 5.68. The number of esters is 1. The minimum atomic E-state index is -1.14. The van der Waals surface area contributed by atoms with Crippen LogP contribution in [0.3, 0.4) is 0 Å². The quantitative estimate of drug-likeness (QED) is 0.0852. The van der Waals surface area contributed by atoms with Gasteiger partial charge in [-0.2, -0.15) is 5.10 Å². The lowest BCUT2D eigenvalue weighted by Crippen LogP contribution is -2.45. The molecule has 0 aromatic heterocycles. The van der Waals surface area contributed by atoms with Crippen LogP contribution in [0.15, 0.2) is 83.1 Å². The van der Waals surface area contributed by atoms with E-state index in [1.807, 2.05) is 56.3 Å². The zero-order valence-electron chi connectivity index (χ0n) is 25.7. The van der Waals surface area contributed by atoms with Crippen molar-refractivity contribution in [2.24, 2.45) is 5.10 Å². The molecule has 0 aliphatic carbocycles. The third-order valence-corrected chi connectivity index (χ3v) is 6.61. The van der Waals surface area contributed by atoms with E-state index in [2.05, 4.69) is 21.2 Å². The predicted octanol–water partition coefficient (Wildman–Crippen LogP) is 4.18. The lowest BCUT2D eigenvalue weighted by atomic mass is 9.95. The van der Waals surface area contributed by atoms with Gasteiger partial charge in [-0.1, -0.05) is 36.4 Å². The summed E-state index contributed by atoms with van der Waals surface area (Å²) in [6, 6.07) is 19.1. The summed E-state index contributed by atoms with van der Waals surface area (Å²) in [4.78, 5) is 24.6. The highest BCUT2D eigenvalue weighted by Gasteiger charge is 2.32. The van der Waals surface area contributed by atoms with Crippen LogP contribution in [-0.4, -0.2) is 56.5 Å². The molecule has 3 aromatic carbocycles. The average molecular weight is 619 g/mol. The van der Waals surface area contributed by atoms with E-state index in [4.69, 9.17) is 23.7 Å². The van der Waals surface area contributed by atoms with Crippen LogP contribution in [0, 0.1) is 0 Å². The van der Waals surface area contributed by atoms with E-state index in [1.165, 1.54) is 7.11 Å². The number of ether oxygens (including phenoxy) is 5. The summed E-state index contributed by atoms with van der Waals surface area (Å²) in [6.07, 6.45) is 0.407. The second-order valence-electron chi connectivity index (χ2n) is 9.83. The van der Waals surface area contributed by atoms with Crippen molar-refractivity contribution < 1.29 is 38.4 Å². The zero-order valence-corrected chi connectivity index (χ0v) is 25.7. The monoisotopic (exact) mass is 618 g/mol. The molecular weight excluding hydrogens is 580 g/mol. The van der Waals surface area contributed by atoms with Crippen molar-refractivity contribution in [1.82, 2.24) is 16.1 Å². The number of benzene rings is 3. The van der Waals surface area contributed by atoms with Crippen molar-refractivity contribution in [2.75, 3.05) is 26.9 Å². The van der Waals surface area contributed by atoms with Gasteiger partial charge in [-0.3, -0.25) is 5.43 Å². The lowest BCUT2D eigenvalue weighted by molar-refractivity contribution is -0.136. The molecule has 45 heavy (non-hydrogen) atoms. The van der Waals surface area contributed by atoms with Crippen molar-refractivity contribution in [3.63, 3.8) is 0 Å². The number of aliphatic hydroxyl groups is 1. The topological polar surface area (TPSA) is 149 Å². The smallest absolute Gasteiger partial charge is 0.337 e. The Labute approximate surface area is 262 Å². The van der Waals surface area contributed by atoms with E-state index >= 15 is 0 Å². The molecule has 0 fully saturated rings. The van der Waals surface area contributed by atoms with Crippen LogP contribution in [0.2, 0.25) is 0 Å². The van der Waals surface area contributed by atoms with E-state index in [1.54, 1.807) is 37.4 Å². The van der Waals surface area contributed by atoms with Crippen molar-refractivity contribution >= 4 is 18.2 Å². The van der Waals surface area contributed by atoms with Gasteiger partial charge in [0.05, 0.1) is 38.2 Å². The van der Waals surface area contributed by atoms with Crippen LogP contribution in [0.4, 0.5) is 4.79 Å². The maximum Gasteiger partial charge on any atom is 0.337 e. The predicted molar refractivity (Wildman–Crippen MR) is 167 cm³/mol. The van der Waals surface area contributed by atoms with Gasteiger partial charge in [0, 0.05) is 5.70 Å². The van der Waals surface area contributed by atoms with Crippen molar-refractivity contribution in [2.45, 2.75) is 39.6 Å². The standard InChI is InChI=1S/C33H38N4O8/c1-5-42-27-16-23(12-14-25(27)44-19-22-10-8-7-9-11-22)18-34-37-29(38)20-45-26-15-13-24(17-28(26)43-6-2)31-30(32(39)41-4)21(3)35-33(40)36-31/h7-18,29,31,37-38H,5-6,19-20H2,1-4H3,(H2,35,36,40)/b34-18-/t29-,31-/m0/s1. The molecule has 0 bridgehead atoms. The molecule has 0 unspecified atom stereocenters. The van der Waals surface area contributed by atoms with E-state index in [-0.39, 0.29) is 12.2 Å². The Bertz CT molecular complexity index is 1530. The van der Waals surface area contributed by atoms with Crippen LogP contribution >= 0.6 is 0 Å². The highest BCUT2D eigenvalue weighted by Crippen LogP contribution is 2.35. The first-order valence-electron chi connectivity index (χ1n) is 14.5. The number of hydrogen-bond acceptors (Lipinski definition) is 10. The molecule has 4 N–H and O–H groups in total. The number of hydrazone groups is 1. The first kappa shape index (κ1) is 32.7. The fourth-order valence-electron chi connectivity index (χ4n) is 4.55. The van der Waals surface area contributed by atoms with E-state index < -0.39 is 24.3 Å². The number of carbonyl (C=O) groups excluding carboxylic acids is 2. The normalized spacial score (nSPS) is 15.1. The van der Waals surface area contributed by atoms with E-state index in [0.717, 1.165) is 11.1 Å². The van der Waals surface area contributed by atoms with Crippen LogP contribution < -0.4 is 35.0 Å². The molecule has 238 valence electrons. The zero-order chi connectivity index (χ0) is 32.2. The Morgan fingerprint density at radius 3 is 2.36 bits per heavy atom. The Kier molecular flexibility index (Phi) is 11.6. The number of carbonyl (C=O) groups is 2. The van der Waals surface area contributed by atoms with Gasteiger partial charge in [0.2, 0.25) is 0 Å². The van der Waals surface area contributed by atoms with Gasteiger partial charge in [0.15, 0.2) is 29.2 Å². The summed E-state index contributed by atoms with van der Waals surface area (Å²) in [7, 11) is 1.28. The van der Waals surface area contributed by atoms with Crippen LogP contribution in [0.5, 0.6) is 23.0 Å². The van der Waals surface area contributed by atoms with E-state index in [0.29, 0.717) is 54.1 Å². The van der Waals surface area contributed by atoms with Gasteiger partial charge < -0.3 is 39.4 Å². The van der Waals surface area contributed by atoms with Gasteiger partial charge in [-0.05, 0) is 67.8 Å². The molecule has 12 heteroatoms. The second kappa shape index (κ2) is 16.0. The molecule has 2 atom stereocenters. The molecule has 12 nitrogen and oxygen atoms in total. The summed E-state index contributed by atoms with van der Waals surface area (Å²) >= 11 is 0. The molecule has 2 amide bonds. The lowest BCUT2D eigenvalue weighted by Gasteiger charge is -2.28. The maximum atomic E-state index is 12.5. The number of urea groups is 1. The summed E-state index contributed by atoms with van der Waals surface area (Å²) in [5, 5.41) is 19.9. The Balaban J connectivity index is 1.37. The SMILES string of the molecule is CCOc1cc(/C=N\N[C@@H](O)COc2ccc([C@@H]3NC(=O)NC(C)=C3C(=O)OC)cc2OCC)ccc1OCc1ccccc1. The molecule has 0 spiro atoms. The largest absolute Gasteiger partial charge is 0.490 e. The summed E-state index contributed by atoms with van der Waals surface area (Å²) < 4.78 is 28.2. The van der Waals surface area contributed by atoms with Crippen LogP contribution in [0.25, 0.3) is 0 Å². The van der Waals surface area contributed by atoms with Gasteiger partial charge in [-0.15, -0.1) is 0 Å². The summed E-state index contributed by atoms with van der Waals surface area (Å²) in [5.74, 6) is 1.36. The first-order chi connectivity index (χ1) is 21.8. The number of hydrogen-bond donors (Lipinski definition) is 4. The molecule has 1 aliphatic rings. The number of amides is 2. The van der Waals surface area contributed by atoms with Gasteiger partial charge in [-0.25, -0.2) is 9.59 Å². The minimum Gasteiger partial charge on any atom is -0.490 e. The fraction of sp³-hybridized carbons (Fsp3) is 0.303. The van der Waals surface area contributed by atoms with Crippen molar-refractivity contribution in [3.8, 4) is 23.0 Å². The third-order valence-electron chi connectivity index (χ3n) is 6.61. The first-order valence-corrected chi connectivity index (χ1v) is 14.5. The Hall–Kier alpha value is -5.23. The summed E-state index contributed by atoms with van der Waals surface area (Å²) in [6.45, 7) is 6.41. The Morgan fingerprint density at radius 2 is 1.64 bits per heavy atom. The van der Waals surface area contributed by atoms with Gasteiger partial charge >= 0.3 is 12.0 Å². The molecule has 3 aromatic rings. The second-order valence-corrected chi connectivity index (χ2v) is 9.83. The molecule has 0 saturated heterocycles. The molecular formula is C33H38N4O8. The molecule has 1 heterocycles. The number of methoxy groups -OCH3 is 1. The van der Waals surface area contributed by atoms with Crippen molar-refractivity contribution in [1.29, 1.82) is 0 Å².